The summed E-state index contributed by atoms with van der Waals surface area (Å²) in [5.74, 6) is 1.36. The number of rotatable bonds is 5. The zero-order valence-electron chi connectivity index (χ0n) is 23.5. The Hall–Kier alpha value is -4.96. The molecule has 0 amide bonds. The average Bonchev–Trinajstić information content (AvgIpc) is 3.63. The second-order valence-corrected chi connectivity index (χ2v) is 11.7. The van der Waals surface area contributed by atoms with Crippen LogP contribution in [0.15, 0.2) is 134 Å². The van der Waals surface area contributed by atoms with Crippen LogP contribution in [0.2, 0.25) is 0 Å². The SMILES string of the molecule is CC(C)(C)c1cc(Oc2ccccc2)nc(C2(c3cccc(-[n+]4cc[nH]c4)c3)c3ccccc3-c3ccccc32)c1. The third kappa shape index (κ3) is 4.15. The summed E-state index contributed by atoms with van der Waals surface area (Å²) >= 11 is 0. The Labute approximate surface area is 241 Å². The molecule has 2 aromatic heterocycles. The van der Waals surface area contributed by atoms with Gasteiger partial charge in [-0.3, -0.25) is 0 Å². The van der Waals surface area contributed by atoms with Crippen molar-refractivity contribution in [3.63, 3.8) is 0 Å². The number of ether oxygens (including phenoxy) is 1. The molecule has 1 aliphatic rings. The van der Waals surface area contributed by atoms with E-state index in [1.807, 2.05) is 49.1 Å². The van der Waals surface area contributed by atoms with Gasteiger partial charge in [0.15, 0.2) is 0 Å². The first-order valence-corrected chi connectivity index (χ1v) is 14.0. The lowest BCUT2D eigenvalue weighted by atomic mass is 9.69. The molecule has 200 valence electrons. The van der Waals surface area contributed by atoms with E-state index in [0.717, 1.165) is 22.7 Å². The van der Waals surface area contributed by atoms with Gasteiger partial charge in [-0.05, 0) is 69.1 Å². The van der Waals surface area contributed by atoms with E-state index in [1.165, 1.54) is 27.8 Å². The number of benzene rings is 4. The number of hydrogen-bond donors (Lipinski definition) is 1. The molecule has 0 spiro atoms. The fourth-order valence-electron chi connectivity index (χ4n) is 6.11. The van der Waals surface area contributed by atoms with Gasteiger partial charge in [-0.15, -0.1) is 0 Å². The molecule has 0 fully saturated rings. The lowest BCUT2D eigenvalue weighted by Crippen LogP contribution is -2.32. The predicted octanol–water partition coefficient (Wildman–Crippen LogP) is 8.14. The first kappa shape index (κ1) is 25.0. The second-order valence-electron chi connectivity index (χ2n) is 11.7. The Balaban J connectivity index is 1.56. The maximum absolute atomic E-state index is 6.43. The van der Waals surface area contributed by atoms with Crippen molar-refractivity contribution < 1.29 is 9.30 Å². The normalized spacial score (nSPS) is 13.4. The zero-order chi connectivity index (χ0) is 28.0. The van der Waals surface area contributed by atoms with Crippen molar-refractivity contribution in [2.75, 3.05) is 0 Å². The molecule has 4 heteroatoms. The topological polar surface area (TPSA) is 41.8 Å². The van der Waals surface area contributed by atoms with Crippen molar-refractivity contribution in [1.82, 2.24) is 9.97 Å². The molecular formula is C37H32N3O+. The van der Waals surface area contributed by atoms with E-state index >= 15 is 0 Å². The van der Waals surface area contributed by atoms with Gasteiger partial charge in [0.2, 0.25) is 12.2 Å². The summed E-state index contributed by atoms with van der Waals surface area (Å²) in [4.78, 5) is 8.51. The number of pyridine rings is 1. The third-order valence-electron chi connectivity index (χ3n) is 8.09. The molecule has 0 bridgehead atoms. The Morgan fingerprint density at radius 2 is 1.41 bits per heavy atom. The smallest absolute Gasteiger partial charge is 0.246 e. The number of aromatic nitrogens is 3. The van der Waals surface area contributed by atoms with Crippen LogP contribution in [0.4, 0.5) is 0 Å². The molecule has 0 saturated heterocycles. The molecule has 0 unspecified atom stereocenters. The van der Waals surface area contributed by atoms with Gasteiger partial charge in [0.05, 0.1) is 11.1 Å². The minimum absolute atomic E-state index is 0.117. The van der Waals surface area contributed by atoms with Crippen LogP contribution in [0.25, 0.3) is 16.8 Å². The van der Waals surface area contributed by atoms with Crippen molar-refractivity contribution in [1.29, 1.82) is 0 Å². The molecule has 0 aliphatic heterocycles. The van der Waals surface area contributed by atoms with Crippen molar-refractivity contribution in [3.8, 4) is 28.4 Å². The maximum Gasteiger partial charge on any atom is 0.246 e. The van der Waals surface area contributed by atoms with Crippen molar-refractivity contribution >= 4 is 0 Å². The molecule has 4 aromatic carbocycles. The van der Waals surface area contributed by atoms with Crippen molar-refractivity contribution in [3.05, 3.63) is 162 Å². The number of imidazole rings is 1. The molecule has 1 N–H and O–H groups in total. The number of nitrogens with one attached hydrogen (secondary N) is 1. The standard InChI is InChI=1S/C37H31N3O/c1-36(2,3)27-23-34(39-35(24-27)41-29-14-5-4-6-15-29)37(26-12-11-13-28(22-26)40-21-20-38-25-40)32-18-9-7-16-30(32)31-17-8-10-19-33(31)37/h4-25H,1-3H3/p+1. The van der Waals surface area contributed by atoms with E-state index in [9.17, 15) is 0 Å². The zero-order valence-corrected chi connectivity index (χ0v) is 23.5. The molecular weight excluding hydrogens is 502 g/mol. The highest BCUT2D eigenvalue weighted by molar-refractivity contribution is 5.86. The minimum atomic E-state index is -0.643. The monoisotopic (exact) mass is 534 g/mol. The number of nitrogens with zero attached hydrogens (tertiary/aromatic N) is 2. The molecule has 0 atom stereocenters. The highest BCUT2D eigenvalue weighted by atomic mass is 16.5. The predicted molar refractivity (Wildman–Crippen MR) is 163 cm³/mol. The molecule has 1 aliphatic carbocycles. The Kier molecular flexibility index (Phi) is 5.86. The van der Waals surface area contributed by atoms with E-state index in [4.69, 9.17) is 9.72 Å². The lowest BCUT2D eigenvalue weighted by molar-refractivity contribution is -0.594. The first-order valence-electron chi connectivity index (χ1n) is 14.0. The molecule has 41 heavy (non-hydrogen) atoms. The Morgan fingerprint density at radius 1 is 0.732 bits per heavy atom. The van der Waals surface area contributed by atoms with Gasteiger partial charge in [0.25, 0.3) is 0 Å². The second kappa shape index (κ2) is 9.60. The van der Waals surface area contributed by atoms with Gasteiger partial charge >= 0.3 is 0 Å². The fourth-order valence-corrected chi connectivity index (χ4v) is 6.11. The van der Waals surface area contributed by atoms with Crippen LogP contribution in [0.5, 0.6) is 11.6 Å². The first-order chi connectivity index (χ1) is 19.9. The van der Waals surface area contributed by atoms with Gasteiger partial charge in [0, 0.05) is 6.07 Å². The number of fused-ring (bicyclic) bond motifs is 3. The fraction of sp³-hybridized carbons (Fsp3) is 0.135. The van der Waals surface area contributed by atoms with Crippen LogP contribution in [-0.4, -0.2) is 9.97 Å². The van der Waals surface area contributed by atoms with Crippen LogP contribution in [-0.2, 0) is 10.8 Å². The minimum Gasteiger partial charge on any atom is -0.439 e. The summed E-state index contributed by atoms with van der Waals surface area (Å²) in [6.07, 6.45) is 5.93. The van der Waals surface area contributed by atoms with Crippen LogP contribution < -0.4 is 9.30 Å². The van der Waals surface area contributed by atoms with Crippen molar-refractivity contribution in [2.45, 2.75) is 31.6 Å². The summed E-state index contributed by atoms with van der Waals surface area (Å²) in [5, 5.41) is 0. The van der Waals surface area contributed by atoms with Gasteiger partial charge in [-0.2, -0.15) is 0 Å². The highest BCUT2D eigenvalue weighted by Crippen LogP contribution is 2.56. The Morgan fingerprint density at radius 3 is 2.07 bits per heavy atom. The summed E-state index contributed by atoms with van der Waals surface area (Å²) in [6, 6.07) is 40.6. The quantitative estimate of drug-likeness (QED) is 0.227. The molecule has 0 saturated carbocycles. The molecule has 6 aromatic rings. The number of aromatic amines is 1. The summed E-state index contributed by atoms with van der Waals surface area (Å²) in [6.45, 7) is 6.72. The van der Waals surface area contributed by atoms with E-state index in [-0.39, 0.29) is 5.41 Å². The molecule has 7 rings (SSSR count). The summed E-state index contributed by atoms with van der Waals surface area (Å²) in [7, 11) is 0. The maximum atomic E-state index is 6.43. The molecule has 0 radical (unpaired) electrons. The summed E-state index contributed by atoms with van der Waals surface area (Å²) in [5.41, 5.74) is 8.51. The van der Waals surface area contributed by atoms with E-state index in [2.05, 4.69) is 115 Å². The van der Waals surface area contributed by atoms with Crippen LogP contribution in [0.3, 0.4) is 0 Å². The van der Waals surface area contributed by atoms with Crippen LogP contribution >= 0.6 is 0 Å². The average molecular weight is 535 g/mol. The molecule has 2 heterocycles. The largest absolute Gasteiger partial charge is 0.439 e. The third-order valence-corrected chi connectivity index (χ3v) is 8.09. The van der Waals surface area contributed by atoms with Gasteiger partial charge in [-0.1, -0.05) is 99.6 Å². The summed E-state index contributed by atoms with van der Waals surface area (Å²) < 4.78 is 8.54. The Bertz CT molecular complexity index is 1800. The number of H-pyrrole nitrogens is 1. The number of para-hydroxylation sites is 1. The molecule has 4 nitrogen and oxygen atoms in total. The van der Waals surface area contributed by atoms with E-state index < -0.39 is 5.41 Å². The van der Waals surface area contributed by atoms with Gasteiger partial charge in [0.1, 0.15) is 23.8 Å². The lowest BCUT2D eigenvalue weighted by Gasteiger charge is -2.34. The van der Waals surface area contributed by atoms with Crippen LogP contribution in [0.1, 0.15) is 48.7 Å². The van der Waals surface area contributed by atoms with E-state index in [1.54, 1.807) is 0 Å². The van der Waals surface area contributed by atoms with Gasteiger partial charge in [-0.25, -0.2) is 14.5 Å². The van der Waals surface area contributed by atoms with E-state index in [0.29, 0.717) is 5.88 Å². The highest BCUT2D eigenvalue weighted by Gasteiger charge is 2.48. The van der Waals surface area contributed by atoms with Crippen molar-refractivity contribution in [2.24, 2.45) is 0 Å². The number of hydrogen-bond acceptors (Lipinski definition) is 2. The van der Waals surface area contributed by atoms with Gasteiger partial charge < -0.3 is 4.74 Å². The van der Waals surface area contributed by atoms with Crippen LogP contribution in [0, 0.1) is 0 Å².